The molecule has 1 N–H and O–H groups in total. The second-order valence-electron chi connectivity index (χ2n) is 13.6. The molecule has 0 saturated heterocycles. The van der Waals surface area contributed by atoms with E-state index in [-0.39, 0.29) is 5.92 Å². The highest BCUT2D eigenvalue weighted by atomic mass is 16.1. The van der Waals surface area contributed by atoms with Crippen molar-refractivity contribution in [1.29, 1.82) is 0 Å². The molecule has 0 aromatic heterocycles. The predicted molar refractivity (Wildman–Crippen MR) is 135 cm³/mol. The van der Waals surface area contributed by atoms with Gasteiger partial charge < -0.3 is 10.2 Å². The molecule has 0 spiro atoms. The quantitative estimate of drug-likeness (QED) is 0.554. The van der Waals surface area contributed by atoms with Crippen LogP contribution < -0.4 is 5.32 Å². The number of carbonyl (C=O) groups excluding carboxylic acids is 1. The molecule has 186 valence electrons. The third-order valence-corrected chi connectivity index (χ3v) is 12.2. The number of fused-ring (bicyclic) bond motifs is 1. The maximum atomic E-state index is 13.6. The minimum atomic E-state index is 0.288. The van der Waals surface area contributed by atoms with Crippen LogP contribution >= 0.6 is 0 Å². The smallest absolute Gasteiger partial charge is 0.223 e. The van der Waals surface area contributed by atoms with E-state index in [1.807, 2.05) is 0 Å². The van der Waals surface area contributed by atoms with Gasteiger partial charge in [-0.25, -0.2) is 0 Å². The molecule has 0 aromatic carbocycles. The Bertz CT molecular complexity index is 699. The fourth-order valence-corrected chi connectivity index (χ4v) is 10.9. The number of hydrogen-bond acceptors (Lipinski definition) is 2. The second-order valence-corrected chi connectivity index (χ2v) is 13.6. The Morgan fingerprint density at radius 2 is 1.33 bits per heavy atom. The van der Waals surface area contributed by atoms with Crippen molar-refractivity contribution in [2.24, 2.45) is 59.2 Å². The first-order valence-electron chi connectivity index (χ1n) is 15.1. The first-order chi connectivity index (χ1) is 16.1. The Morgan fingerprint density at radius 3 is 2.09 bits per heavy atom. The van der Waals surface area contributed by atoms with Gasteiger partial charge in [-0.05, 0) is 132 Å². The molecule has 11 atom stereocenters. The molecular formula is C30H50N2O. The normalized spacial score (nSPS) is 49.1. The molecule has 33 heavy (non-hydrogen) atoms. The van der Waals surface area contributed by atoms with Crippen LogP contribution in [0, 0.1) is 59.2 Å². The van der Waals surface area contributed by atoms with E-state index >= 15 is 0 Å². The highest BCUT2D eigenvalue weighted by Gasteiger charge is 2.53. The van der Waals surface area contributed by atoms with Gasteiger partial charge in [0, 0.05) is 18.5 Å². The molecule has 6 fully saturated rings. The van der Waals surface area contributed by atoms with Crippen LogP contribution in [-0.4, -0.2) is 37.5 Å². The lowest BCUT2D eigenvalue weighted by Crippen LogP contribution is -2.54. The molecule has 6 rings (SSSR count). The van der Waals surface area contributed by atoms with Crippen LogP contribution in [0.25, 0.3) is 0 Å². The zero-order valence-corrected chi connectivity index (χ0v) is 21.5. The number of hydrogen-bond donors (Lipinski definition) is 1. The maximum Gasteiger partial charge on any atom is 0.223 e. The molecule has 3 heteroatoms. The highest BCUT2D eigenvalue weighted by Crippen LogP contribution is 2.61. The van der Waals surface area contributed by atoms with Gasteiger partial charge in [0.05, 0.1) is 0 Å². The summed E-state index contributed by atoms with van der Waals surface area (Å²) in [5, 5.41) is 3.60. The highest BCUT2D eigenvalue weighted by molar-refractivity contribution is 5.79. The first-order valence-corrected chi connectivity index (χ1v) is 15.1. The van der Waals surface area contributed by atoms with Crippen molar-refractivity contribution >= 4 is 5.91 Å². The van der Waals surface area contributed by atoms with E-state index < -0.39 is 0 Å². The van der Waals surface area contributed by atoms with Crippen molar-refractivity contribution < 1.29 is 4.79 Å². The molecule has 3 nitrogen and oxygen atoms in total. The number of nitrogens with zero attached hydrogens (tertiary/aromatic N) is 1. The minimum Gasteiger partial charge on any atom is -0.356 e. The van der Waals surface area contributed by atoms with Gasteiger partial charge in [-0.1, -0.05) is 32.1 Å². The van der Waals surface area contributed by atoms with E-state index in [0.717, 1.165) is 60.3 Å². The zero-order valence-electron chi connectivity index (χ0n) is 21.5. The van der Waals surface area contributed by atoms with Crippen LogP contribution in [0.5, 0.6) is 0 Å². The van der Waals surface area contributed by atoms with E-state index in [4.69, 9.17) is 0 Å². The number of carbonyl (C=O) groups is 1. The number of amides is 1. The van der Waals surface area contributed by atoms with Crippen LogP contribution in [0.15, 0.2) is 0 Å². The van der Waals surface area contributed by atoms with E-state index in [1.54, 1.807) is 0 Å². The van der Waals surface area contributed by atoms with E-state index in [0.29, 0.717) is 17.9 Å². The molecule has 0 aliphatic heterocycles. The Labute approximate surface area is 203 Å². The summed E-state index contributed by atoms with van der Waals surface area (Å²) in [5.41, 5.74) is 0. The van der Waals surface area contributed by atoms with Gasteiger partial charge in [0.1, 0.15) is 0 Å². The van der Waals surface area contributed by atoms with E-state index in [9.17, 15) is 4.79 Å². The summed E-state index contributed by atoms with van der Waals surface area (Å²) in [6, 6.07) is 0.694. The summed E-state index contributed by atoms with van der Waals surface area (Å²) < 4.78 is 0. The summed E-state index contributed by atoms with van der Waals surface area (Å²) in [6.45, 7) is 0.986. The van der Waals surface area contributed by atoms with Crippen molar-refractivity contribution in [2.45, 2.75) is 102 Å². The standard InChI is InChI=1S/C30H50N2O/c1-32(2)27-17-16-26(24-8-3-4-9-25(24)27)30(33)31-18-22-13-12-21-11-10-19-6-5-7-20-14-15-23(22)29(21)28(19)20/h19-29H,3-18H2,1-2H3,(H,31,33). The lowest BCUT2D eigenvalue weighted by atomic mass is 9.46. The third kappa shape index (κ3) is 4.11. The predicted octanol–water partition coefficient (Wildman–Crippen LogP) is 6.13. The van der Waals surface area contributed by atoms with Crippen LogP contribution in [0.2, 0.25) is 0 Å². The van der Waals surface area contributed by atoms with E-state index in [1.165, 1.54) is 89.9 Å². The van der Waals surface area contributed by atoms with Crippen molar-refractivity contribution in [3.63, 3.8) is 0 Å². The van der Waals surface area contributed by atoms with E-state index in [2.05, 4.69) is 24.3 Å². The van der Waals surface area contributed by atoms with Crippen molar-refractivity contribution in [1.82, 2.24) is 10.2 Å². The molecule has 0 aromatic rings. The lowest BCUT2D eigenvalue weighted by Gasteiger charge is -2.59. The molecule has 0 radical (unpaired) electrons. The first kappa shape index (κ1) is 22.9. The van der Waals surface area contributed by atoms with Crippen LogP contribution in [0.3, 0.4) is 0 Å². The van der Waals surface area contributed by atoms with Gasteiger partial charge in [-0.3, -0.25) is 4.79 Å². The Kier molecular flexibility index (Phi) is 6.56. The molecule has 0 heterocycles. The molecular weight excluding hydrogens is 404 g/mol. The molecule has 11 unspecified atom stereocenters. The Balaban J connectivity index is 1.11. The number of nitrogens with one attached hydrogen (secondary N) is 1. The second kappa shape index (κ2) is 9.47. The van der Waals surface area contributed by atoms with Crippen LogP contribution in [-0.2, 0) is 4.79 Å². The van der Waals surface area contributed by atoms with Crippen LogP contribution in [0.4, 0.5) is 0 Å². The van der Waals surface area contributed by atoms with Crippen molar-refractivity contribution in [2.75, 3.05) is 20.6 Å². The SMILES string of the molecule is CN(C)C1CCC(C(=O)NCC2CCC3CCC4CCCC5CCC2C3C45)C2CCCCC21. The lowest BCUT2D eigenvalue weighted by molar-refractivity contribution is -0.132. The van der Waals surface area contributed by atoms with Gasteiger partial charge in [-0.15, -0.1) is 0 Å². The average Bonchev–Trinajstić information content (AvgIpc) is 2.85. The van der Waals surface area contributed by atoms with Gasteiger partial charge in [-0.2, -0.15) is 0 Å². The van der Waals surface area contributed by atoms with Gasteiger partial charge in [0.2, 0.25) is 5.91 Å². The topological polar surface area (TPSA) is 32.3 Å². The minimum absolute atomic E-state index is 0.288. The number of rotatable bonds is 4. The molecule has 1 amide bonds. The third-order valence-electron chi connectivity index (χ3n) is 12.2. The Morgan fingerprint density at radius 1 is 0.667 bits per heavy atom. The summed E-state index contributed by atoms with van der Waals surface area (Å²) in [7, 11) is 4.51. The fourth-order valence-electron chi connectivity index (χ4n) is 10.9. The van der Waals surface area contributed by atoms with Gasteiger partial charge in [0.15, 0.2) is 0 Å². The fraction of sp³-hybridized carbons (Fsp3) is 0.967. The molecule has 0 bridgehead atoms. The molecule has 6 saturated carbocycles. The monoisotopic (exact) mass is 454 g/mol. The molecule has 6 aliphatic carbocycles. The van der Waals surface area contributed by atoms with Gasteiger partial charge >= 0.3 is 0 Å². The summed E-state index contributed by atoms with van der Waals surface area (Å²) in [5.74, 6) is 8.96. The average molecular weight is 455 g/mol. The van der Waals surface area contributed by atoms with Crippen molar-refractivity contribution in [3.8, 4) is 0 Å². The molecule has 6 aliphatic rings. The summed E-state index contributed by atoms with van der Waals surface area (Å²) >= 11 is 0. The summed E-state index contributed by atoms with van der Waals surface area (Å²) in [4.78, 5) is 16.0. The van der Waals surface area contributed by atoms with Crippen LogP contribution in [0.1, 0.15) is 96.3 Å². The Hall–Kier alpha value is -0.570. The zero-order chi connectivity index (χ0) is 22.5. The van der Waals surface area contributed by atoms with Crippen molar-refractivity contribution in [3.05, 3.63) is 0 Å². The van der Waals surface area contributed by atoms with Gasteiger partial charge in [0.25, 0.3) is 0 Å². The maximum absolute atomic E-state index is 13.6. The summed E-state index contributed by atoms with van der Waals surface area (Å²) in [6.07, 6.45) is 21.1. The largest absolute Gasteiger partial charge is 0.356 e.